The highest BCUT2D eigenvalue weighted by Crippen LogP contribution is 2.24. The SMILES string of the molecule is N#CC(Nc1nc(Nc2ccccc2)n2ncc(C=C3CC(=O)NC3=O)c2n1)c1ccccc1. The Bertz CT molecular complexity index is 1460. The lowest BCUT2D eigenvalue weighted by Gasteiger charge is -2.14. The largest absolute Gasteiger partial charge is 0.335 e. The number of nitrogens with one attached hydrogen (secondary N) is 3. The molecule has 2 aromatic heterocycles. The number of para-hydroxylation sites is 1. The third-order valence-electron chi connectivity index (χ3n) is 5.19. The van der Waals surface area contributed by atoms with Gasteiger partial charge in [0.2, 0.25) is 17.8 Å². The summed E-state index contributed by atoms with van der Waals surface area (Å²) in [5.41, 5.74) is 2.81. The topological polar surface area (TPSA) is 137 Å². The number of rotatable bonds is 6. The number of nitriles is 1. The van der Waals surface area contributed by atoms with Crippen molar-refractivity contribution >= 4 is 41.1 Å². The van der Waals surface area contributed by atoms with Gasteiger partial charge in [-0.05, 0) is 23.8 Å². The molecule has 10 nitrogen and oxygen atoms in total. The van der Waals surface area contributed by atoms with E-state index in [-0.39, 0.29) is 18.3 Å². The molecular weight excluding hydrogens is 432 g/mol. The van der Waals surface area contributed by atoms with Gasteiger partial charge in [0.05, 0.1) is 18.7 Å². The number of anilines is 3. The van der Waals surface area contributed by atoms with Crippen molar-refractivity contribution in [2.45, 2.75) is 12.5 Å². The lowest BCUT2D eigenvalue weighted by Crippen LogP contribution is -2.19. The molecule has 0 saturated carbocycles. The highest BCUT2D eigenvalue weighted by molar-refractivity contribution is 6.15. The Kier molecular flexibility index (Phi) is 5.42. The summed E-state index contributed by atoms with van der Waals surface area (Å²) in [6, 6.07) is 20.2. The molecule has 0 radical (unpaired) electrons. The van der Waals surface area contributed by atoms with Crippen LogP contribution in [-0.2, 0) is 9.59 Å². The molecule has 3 heterocycles. The van der Waals surface area contributed by atoms with Crippen molar-refractivity contribution in [2.24, 2.45) is 0 Å². The summed E-state index contributed by atoms with van der Waals surface area (Å²) in [5, 5.41) is 22.7. The smallest absolute Gasteiger partial charge is 0.254 e. The molecule has 1 unspecified atom stereocenters. The number of hydrogen-bond acceptors (Lipinski definition) is 8. The molecular formula is C24H18N8O2. The molecule has 0 spiro atoms. The van der Waals surface area contributed by atoms with Crippen LogP contribution < -0.4 is 16.0 Å². The number of nitrogens with zero attached hydrogens (tertiary/aromatic N) is 5. The van der Waals surface area contributed by atoms with Crippen LogP contribution in [0.3, 0.4) is 0 Å². The van der Waals surface area contributed by atoms with Gasteiger partial charge in [0, 0.05) is 16.8 Å². The number of carbonyl (C=O) groups is 2. The van der Waals surface area contributed by atoms with Crippen LogP contribution in [0.25, 0.3) is 11.7 Å². The predicted molar refractivity (Wildman–Crippen MR) is 125 cm³/mol. The maximum atomic E-state index is 12.0. The minimum atomic E-state index is -0.684. The van der Waals surface area contributed by atoms with Gasteiger partial charge in [-0.3, -0.25) is 14.9 Å². The Balaban J connectivity index is 1.59. The zero-order valence-corrected chi connectivity index (χ0v) is 17.8. The predicted octanol–water partition coefficient (Wildman–Crippen LogP) is 2.97. The number of fused-ring (bicyclic) bond motifs is 1. The number of imide groups is 1. The van der Waals surface area contributed by atoms with Gasteiger partial charge in [-0.2, -0.15) is 24.8 Å². The summed E-state index contributed by atoms with van der Waals surface area (Å²) in [5.74, 6) is -0.225. The Morgan fingerprint density at radius 3 is 2.47 bits per heavy atom. The van der Waals surface area contributed by atoms with E-state index in [1.165, 1.54) is 4.52 Å². The molecule has 5 rings (SSSR count). The van der Waals surface area contributed by atoms with E-state index in [2.05, 4.69) is 37.1 Å². The summed E-state index contributed by atoms with van der Waals surface area (Å²) in [6.07, 6.45) is 3.13. The van der Waals surface area contributed by atoms with Crippen LogP contribution in [0.2, 0.25) is 0 Å². The van der Waals surface area contributed by atoms with E-state index in [9.17, 15) is 14.9 Å². The normalized spacial score (nSPS) is 15.2. The molecule has 1 saturated heterocycles. The number of amides is 2. The van der Waals surface area contributed by atoms with Gasteiger partial charge < -0.3 is 10.6 Å². The number of hydrogen-bond donors (Lipinski definition) is 3. The second-order valence-electron chi connectivity index (χ2n) is 7.54. The third-order valence-corrected chi connectivity index (χ3v) is 5.19. The molecule has 4 aromatic rings. The average Bonchev–Trinajstić information content (AvgIpc) is 3.40. The van der Waals surface area contributed by atoms with E-state index in [0.717, 1.165) is 11.3 Å². The quantitative estimate of drug-likeness (QED) is 0.301. The lowest BCUT2D eigenvalue weighted by molar-refractivity contribution is -0.124. The van der Waals surface area contributed by atoms with E-state index in [1.807, 2.05) is 60.7 Å². The van der Waals surface area contributed by atoms with Crippen LogP contribution in [-0.4, -0.2) is 31.4 Å². The van der Waals surface area contributed by atoms with Gasteiger partial charge in [0.15, 0.2) is 5.65 Å². The van der Waals surface area contributed by atoms with Crippen molar-refractivity contribution in [1.82, 2.24) is 24.9 Å². The maximum Gasteiger partial charge on any atom is 0.254 e. The number of carbonyl (C=O) groups excluding carboxylic acids is 2. The minimum absolute atomic E-state index is 0.00794. The molecule has 10 heteroatoms. The minimum Gasteiger partial charge on any atom is -0.335 e. The van der Waals surface area contributed by atoms with Gasteiger partial charge in [-0.15, -0.1) is 0 Å². The van der Waals surface area contributed by atoms with Crippen LogP contribution in [0, 0.1) is 11.3 Å². The van der Waals surface area contributed by atoms with Crippen molar-refractivity contribution in [3.05, 3.63) is 83.6 Å². The van der Waals surface area contributed by atoms with Crippen molar-refractivity contribution < 1.29 is 9.59 Å². The average molecular weight is 450 g/mol. The first kappa shape index (κ1) is 20.8. The lowest BCUT2D eigenvalue weighted by atomic mass is 10.1. The molecule has 1 aliphatic heterocycles. The molecule has 2 aromatic carbocycles. The van der Waals surface area contributed by atoms with E-state index in [1.54, 1.807) is 12.3 Å². The van der Waals surface area contributed by atoms with Gasteiger partial charge in [-0.1, -0.05) is 48.5 Å². The van der Waals surface area contributed by atoms with E-state index >= 15 is 0 Å². The molecule has 0 aliphatic carbocycles. The first-order chi connectivity index (χ1) is 16.6. The third kappa shape index (κ3) is 4.18. The molecule has 1 aliphatic rings. The highest BCUT2D eigenvalue weighted by atomic mass is 16.2. The zero-order chi connectivity index (χ0) is 23.5. The molecule has 3 N–H and O–H groups in total. The zero-order valence-electron chi connectivity index (χ0n) is 17.8. The Morgan fingerprint density at radius 1 is 1.06 bits per heavy atom. The molecule has 166 valence electrons. The summed E-state index contributed by atoms with van der Waals surface area (Å²) >= 11 is 0. The van der Waals surface area contributed by atoms with E-state index in [4.69, 9.17) is 0 Å². The molecule has 1 atom stereocenters. The van der Waals surface area contributed by atoms with Crippen LogP contribution in [0.15, 0.2) is 72.4 Å². The molecule has 0 bridgehead atoms. The summed E-state index contributed by atoms with van der Waals surface area (Å²) in [6.45, 7) is 0. The van der Waals surface area contributed by atoms with Crippen molar-refractivity contribution in [3.63, 3.8) is 0 Å². The van der Waals surface area contributed by atoms with Crippen LogP contribution in [0.1, 0.15) is 23.6 Å². The summed E-state index contributed by atoms with van der Waals surface area (Å²) in [7, 11) is 0. The first-order valence-electron chi connectivity index (χ1n) is 10.4. The fraction of sp³-hybridized carbons (Fsp3) is 0.0833. The fourth-order valence-electron chi connectivity index (χ4n) is 3.57. The second kappa shape index (κ2) is 8.84. The standard InChI is InChI=1S/C24H18N8O2/c25-13-19(15-7-3-1-4-8-15)28-23-30-21-17(11-16-12-20(33)29-22(16)34)14-26-32(21)24(31-23)27-18-9-5-2-6-10-18/h1-11,14,19H,12H2,(H,29,33,34)(H2,27,28,30,31). The van der Waals surface area contributed by atoms with Crippen LogP contribution >= 0.6 is 0 Å². The maximum absolute atomic E-state index is 12.0. The van der Waals surface area contributed by atoms with Gasteiger partial charge in [-0.25, -0.2) is 0 Å². The summed E-state index contributed by atoms with van der Waals surface area (Å²) < 4.78 is 1.50. The summed E-state index contributed by atoms with van der Waals surface area (Å²) in [4.78, 5) is 32.7. The fourth-order valence-corrected chi connectivity index (χ4v) is 3.57. The monoisotopic (exact) mass is 450 g/mol. The van der Waals surface area contributed by atoms with Gasteiger partial charge >= 0.3 is 0 Å². The van der Waals surface area contributed by atoms with E-state index in [0.29, 0.717) is 22.7 Å². The molecule has 34 heavy (non-hydrogen) atoms. The molecule has 1 fully saturated rings. The Hall–Kier alpha value is -5.04. The van der Waals surface area contributed by atoms with Crippen molar-refractivity contribution in [1.29, 1.82) is 5.26 Å². The second-order valence-corrected chi connectivity index (χ2v) is 7.54. The van der Waals surface area contributed by atoms with Crippen LogP contribution in [0.4, 0.5) is 17.6 Å². The Labute approximate surface area is 194 Å². The van der Waals surface area contributed by atoms with Crippen molar-refractivity contribution in [3.8, 4) is 6.07 Å². The Morgan fingerprint density at radius 2 is 1.79 bits per heavy atom. The molecule has 2 amide bonds. The number of benzene rings is 2. The van der Waals surface area contributed by atoms with E-state index < -0.39 is 11.9 Å². The van der Waals surface area contributed by atoms with Crippen LogP contribution in [0.5, 0.6) is 0 Å². The highest BCUT2D eigenvalue weighted by Gasteiger charge is 2.25. The number of aromatic nitrogens is 4. The first-order valence-corrected chi connectivity index (χ1v) is 10.4. The van der Waals surface area contributed by atoms with Gasteiger partial charge in [0.1, 0.15) is 6.04 Å². The van der Waals surface area contributed by atoms with Gasteiger partial charge in [0.25, 0.3) is 5.91 Å². The van der Waals surface area contributed by atoms with Crippen molar-refractivity contribution in [2.75, 3.05) is 10.6 Å².